The van der Waals surface area contributed by atoms with Gasteiger partial charge >= 0.3 is 0 Å². The number of rotatable bonds is 5. The highest BCUT2D eigenvalue weighted by Gasteiger charge is 2.49. The molecule has 2 rings (SSSR count). The van der Waals surface area contributed by atoms with Crippen LogP contribution in [0.1, 0.15) is 39.4 Å². The summed E-state index contributed by atoms with van der Waals surface area (Å²) in [6.07, 6.45) is 2.48. The molecule has 0 spiro atoms. The summed E-state index contributed by atoms with van der Waals surface area (Å²) in [5.41, 5.74) is -0.436. The van der Waals surface area contributed by atoms with Gasteiger partial charge < -0.3 is 9.67 Å². The van der Waals surface area contributed by atoms with E-state index in [-0.39, 0.29) is 11.1 Å². The predicted molar refractivity (Wildman–Crippen MR) is 75.8 cm³/mol. The first-order chi connectivity index (χ1) is 9.18. The number of aromatic nitrogens is 2. The maximum atomic E-state index is 12.3. The first-order valence-corrected chi connectivity index (χ1v) is 8.41. The molecule has 6 nitrogen and oxygen atoms in total. The molecule has 1 fully saturated rings. The minimum atomic E-state index is -3.63. The van der Waals surface area contributed by atoms with E-state index in [0.29, 0.717) is 12.2 Å². The van der Waals surface area contributed by atoms with Crippen LogP contribution in [0.4, 0.5) is 0 Å². The Kier molecular flexibility index (Phi) is 3.96. The second kappa shape index (κ2) is 5.13. The molecular formula is C13H23N3O3S. The van der Waals surface area contributed by atoms with Gasteiger partial charge in [-0.3, -0.25) is 0 Å². The molecule has 1 aliphatic carbocycles. The standard InChI is InChI=1S/C13H23N3O3S/c1-5-6-16-8-12(14-9(16)2)20(18,19)15-10-7-11(17)13(10,3)4/h8,10-11,15,17H,5-7H2,1-4H3. The van der Waals surface area contributed by atoms with E-state index in [2.05, 4.69) is 9.71 Å². The highest BCUT2D eigenvalue weighted by molar-refractivity contribution is 7.89. The van der Waals surface area contributed by atoms with Crippen LogP contribution >= 0.6 is 0 Å². The molecule has 1 aliphatic rings. The summed E-state index contributed by atoms with van der Waals surface area (Å²) in [6, 6.07) is -0.251. The van der Waals surface area contributed by atoms with Gasteiger partial charge in [0.2, 0.25) is 0 Å². The van der Waals surface area contributed by atoms with E-state index in [1.165, 1.54) is 0 Å². The molecule has 1 aromatic heterocycles. The zero-order valence-corrected chi connectivity index (χ0v) is 13.2. The number of aliphatic hydroxyl groups excluding tert-OH is 1. The Hall–Kier alpha value is -0.920. The van der Waals surface area contributed by atoms with Crippen LogP contribution in [0.15, 0.2) is 11.2 Å². The van der Waals surface area contributed by atoms with Crippen LogP contribution < -0.4 is 4.72 Å². The van der Waals surface area contributed by atoms with Crippen LogP contribution in [0.5, 0.6) is 0 Å². The zero-order chi connectivity index (χ0) is 15.1. The highest BCUT2D eigenvalue weighted by Crippen LogP contribution is 2.41. The van der Waals surface area contributed by atoms with Crippen molar-refractivity contribution < 1.29 is 13.5 Å². The number of aliphatic hydroxyl groups is 1. The largest absolute Gasteiger partial charge is 0.392 e. The van der Waals surface area contributed by atoms with E-state index in [1.807, 2.05) is 25.3 Å². The minimum absolute atomic E-state index is 0.0561. The Labute approximate surface area is 120 Å². The average molecular weight is 301 g/mol. The highest BCUT2D eigenvalue weighted by atomic mass is 32.2. The topological polar surface area (TPSA) is 84.2 Å². The molecule has 2 N–H and O–H groups in total. The predicted octanol–water partition coefficient (Wildman–Crippen LogP) is 1.04. The Balaban J connectivity index is 2.17. The number of aryl methyl sites for hydroxylation is 2. The normalized spacial score (nSPS) is 25.4. The van der Waals surface area contributed by atoms with E-state index in [4.69, 9.17) is 0 Å². The zero-order valence-electron chi connectivity index (χ0n) is 12.4. The average Bonchev–Trinajstić information content (AvgIpc) is 2.72. The molecule has 2 unspecified atom stereocenters. The van der Waals surface area contributed by atoms with Gasteiger partial charge in [0.25, 0.3) is 10.0 Å². The maximum Gasteiger partial charge on any atom is 0.259 e. The monoisotopic (exact) mass is 301 g/mol. The third-order valence-electron chi connectivity index (χ3n) is 4.21. The number of nitrogens with zero attached hydrogens (tertiary/aromatic N) is 2. The van der Waals surface area contributed by atoms with Gasteiger partial charge in [-0.05, 0) is 19.8 Å². The number of imidazole rings is 1. The SMILES string of the molecule is CCCn1cc(S(=O)(=O)NC2CC(O)C2(C)C)nc1C. The van der Waals surface area contributed by atoms with E-state index in [9.17, 15) is 13.5 Å². The van der Waals surface area contributed by atoms with Crippen molar-refractivity contribution in [1.29, 1.82) is 0 Å². The number of hydrogen-bond acceptors (Lipinski definition) is 4. The molecule has 0 bridgehead atoms. The van der Waals surface area contributed by atoms with Gasteiger partial charge in [0, 0.05) is 24.2 Å². The first kappa shape index (κ1) is 15.5. The third-order valence-corrected chi connectivity index (χ3v) is 5.55. The van der Waals surface area contributed by atoms with Crippen molar-refractivity contribution in [3.05, 3.63) is 12.0 Å². The number of hydrogen-bond donors (Lipinski definition) is 2. The third kappa shape index (κ3) is 2.62. The summed E-state index contributed by atoms with van der Waals surface area (Å²) in [7, 11) is -3.63. The molecule has 114 valence electrons. The molecule has 1 saturated carbocycles. The summed E-state index contributed by atoms with van der Waals surface area (Å²) >= 11 is 0. The van der Waals surface area contributed by atoms with Crippen LogP contribution in [0, 0.1) is 12.3 Å². The fraction of sp³-hybridized carbons (Fsp3) is 0.769. The fourth-order valence-electron chi connectivity index (χ4n) is 2.43. The molecule has 0 aliphatic heterocycles. The van der Waals surface area contributed by atoms with E-state index in [1.54, 1.807) is 13.1 Å². The minimum Gasteiger partial charge on any atom is -0.392 e. The lowest BCUT2D eigenvalue weighted by molar-refractivity contribution is -0.0645. The Bertz CT molecular complexity index is 592. The van der Waals surface area contributed by atoms with Crippen LogP contribution in [0.3, 0.4) is 0 Å². The smallest absolute Gasteiger partial charge is 0.259 e. The lowest BCUT2D eigenvalue weighted by atomic mass is 9.65. The quantitative estimate of drug-likeness (QED) is 0.851. The second-order valence-electron chi connectivity index (χ2n) is 6.07. The van der Waals surface area contributed by atoms with Gasteiger partial charge in [0.15, 0.2) is 5.03 Å². The Morgan fingerprint density at radius 2 is 2.20 bits per heavy atom. The molecule has 0 aromatic carbocycles. The summed E-state index contributed by atoms with van der Waals surface area (Å²) < 4.78 is 29.2. The van der Waals surface area contributed by atoms with E-state index < -0.39 is 21.5 Å². The van der Waals surface area contributed by atoms with Crippen molar-refractivity contribution in [3.63, 3.8) is 0 Å². The molecule has 20 heavy (non-hydrogen) atoms. The summed E-state index contributed by atoms with van der Waals surface area (Å²) in [6.45, 7) is 8.29. The summed E-state index contributed by atoms with van der Waals surface area (Å²) in [4.78, 5) is 4.13. The lowest BCUT2D eigenvalue weighted by Gasteiger charge is -2.49. The fourth-order valence-corrected chi connectivity index (χ4v) is 3.84. The first-order valence-electron chi connectivity index (χ1n) is 6.92. The van der Waals surface area contributed by atoms with Gasteiger partial charge in [-0.15, -0.1) is 0 Å². The van der Waals surface area contributed by atoms with Crippen molar-refractivity contribution in [2.75, 3.05) is 0 Å². The summed E-state index contributed by atoms with van der Waals surface area (Å²) in [5, 5.41) is 9.73. The van der Waals surface area contributed by atoms with Gasteiger partial charge in [-0.2, -0.15) is 0 Å². The van der Waals surface area contributed by atoms with Crippen LogP contribution in [-0.2, 0) is 16.6 Å². The molecular weight excluding hydrogens is 278 g/mol. The number of sulfonamides is 1. The Morgan fingerprint density at radius 1 is 1.55 bits per heavy atom. The maximum absolute atomic E-state index is 12.3. The molecule has 7 heteroatoms. The van der Waals surface area contributed by atoms with Crippen molar-refractivity contribution in [3.8, 4) is 0 Å². The molecule has 2 atom stereocenters. The molecule has 0 amide bonds. The van der Waals surface area contributed by atoms with Gasteiger partial charge in [0.05, 0.1) is 6.10 Å². The molecule has 1 heterocycles. The number of nitrogens with one attached hydrogen (secondary N) is 1. The van der Waals surface area contributed by atoms with Gasteiger partial charge in [0.1, 0.15) is 5.82 Å². The van der Waals surface area contributed by atoms with E-state index >= 15 is 0 Å². The van der Waals surface area contributed by atoms with Crippen molar-refractivity contribution in [2.45, 2.75) is 64.3 Å². The van der Waals surface area contributed by atoms with Crippen molar-refractivity contribution >= 4 is 10.0 Å². The Morgan fingerprint density at radius 3 is 2.70 bits per heavy atom. The van der Waals surface area contributed by atoms with Crippen LogP contribution in [0.2, 0.25) is 0 Å². The van der Waals surface area contributed by atoms with Crippen molar-refractivity contribution in [1.82, 2.24) is 14.3 Å². The molecule has 0 saturated heterocycles. The van der Waals surface area contributed by atoms with Gasteiger partial charge in [-0.25, -0.2) is 18.1 Å². The molecule has 0 radical (unpaired) electrons. The second-order valence-corrected chi connectivity index (χ2v) is 7.73. The van der Waals surface area contributed by atoms with Crippen molar-refractivity contribution in [2.24, 2.45) is 5.41 Å². The van der Waals surface area contributed by atoms with Crippen LogP contribution in [-0.4, -0.2) is 35.2 Å². The molecule has 1 aromatic rings. The van der Waals surface area contributed by atoms with Gasteiger partial charge in [-0.1, -0.05) is 20.8 Å². The lowest BCUT2D eigenvalue weighted by Crippen LogP contribution is -2.61. The van der Waals surface area contributed by atoms with E-state index in [0.717, 1.165) is 13.0 Å². The summed E-state index contributed by atoms with van der Waals surface area (Å²) in [5.74, 6) is 0.695. The van der Waals surface area contributed by atoms with Crippen LogP contribution in [0.25, 0.3) is 0 Å².